The van der Waals surface area contributed by atoms with Gasteiger partial charge in [0, 0.05) is 0 Å². The van der Waals surface area contributed by atoms with Crippen molar-refractivity contribution in [2.45, 2.75) is 40.4 Å². The van der Waals surface area contributed by atoms with Crippen molar-refractivity contribution in [1.29, 1.82) is 0 Å². The van der Waals surface area contributed by atoms with Crippen molar-refractivity contribution in [2.75, 3.05) is 21.7 Å². The van der Waals surface area contributed by atoms with Crippen molar-refractivity contribution in [2.24, 2.45) is 0 Å². The number of benzene rings is 3. The molecule has 10 nitrogen and oxygen atoms in total. The first-order valence-corrected chi connectivity index (χ1v) is 21.4. The average molecular weight is 864 g/mol. The third kappa shape index (κ3) is 8.40. The van der Waals surface area contributed by atoms with Crippen LogP contribution in [0.5, 0.6) is 0 Å². The molecule has 0 fully saturated rings. The summed E-state index contributed by atoms with van der Waals surface area (Å²) in [6.07, 6.45) is 0. The molecule has 13 heteroatoms. The van der Waals surface area contributed by atoms with Crippen LogP contribution in [0.4, 0.5) is 31.1 Å². The second-order valence-electron chi connectivity index (χ2n) is 12.0. The van der Waals surface area contributed by atoms with Crippen LogP contribution in [0.2, 0.25) is 0 Å². The zero-order valence-corrected chi connectivity index (χ0v) is 33.2. The van der Waals surface area contributed by atoms with Crippen LogP contribution in [0, 0.1) is 0 Å². The van der Waals surface area contributed by atoms with Crippen molar-refractivity contribution in [3.63, 3.8) is 0 Å². The predicted octanol–water partition coefficient (Wildman–Crippen LogP) is 5.44. The van der Waals surface area contributed by atoms with Gasteiger partial charge in [-0.25, -0.2) is 0 Å². The van der Waals surface area contributed by atoms with Gasteiger partial charge >= 0.3 is 311 Å². The van der Waals surface area contributed by atoms with E-state index in [9.17, 15) is 14.4 Å². The summed E-state index contributed by atoms with van der Waals surface area (Å²) < 4.78 is 2.78. The van der Waals surface area contributed by atoms with Gasteiger partial charge in [0.25, 0.3) is 0 Å². The number of anilines is 6. The molecular formula is C37H36N7O3Se3+. The second kappa shape index (κ2) is 15.8. The van der Waals surface area contributed by atoms with Gasteiger partial charge in [-0.2, -0.15) is 0 Å². The summed E-state index contributed by atoms with van der Waals surface area (Å²) >= 11 is -0.378. The van der Waals surface area contributed by atoms with Crippen LogP contribution in [0.25, 0.3) is 0 Å². The topological polar surface area (TPSA) is 99.6 Å². The minimum absolute atomic E-state index is 0.0778. The van der Waals surface area contributed by atoms with Crippen molar-refractivity contribution >= 4 is 92.4 Å². The number of para-hydroxylation sites is 3. The molecule has 3 heterocycles. The number of rotatable bonds is 12. The Hall–Kier alpha value is -4.18. The third-order valence-corrected chi connectivity index (χ3v) is 13.3. The van der Waals surface area contributed by atoms with Crippen molar-refractivity contribution in [3.8, 4) is 0 Å². The van der Waals surface area contributed by atoms with E-state index >= 15 is 0 Å². The fourth-order valence-corrected chi connectivity index (χ4v) is 11.3. The molecule has 0 saturated carbocycles. The van der Waals surface area contributed by atoms with E-state index in [4.69, 9.17) is 15.0 Å². The molecule has 0 atom stereocenters. The van der Waals surface area contributed by atoms with E-state index in [0.717, 1.165) is 48.2 Å². The van der Waals surface area contributed by atoms with Gasteiger partial charge in [0.2, 0.25) is 0 Å². The summed E-state index contributed by atoms with van der Waals surface area (Å²) in [4.78, 5) is 65.0. The summed E-state index contributed by atoms with van der Waals surface area (Å²) in [6.45, 7) is 6.45. The van der Waals surface area contributed by atoms with Gasteiger partial charge < -0.3 is 0 Å². The number of aromatic nitrogens is 3. The Balaban J connectivity index is 1.32. The maximum atomic E-state index is 12.8. The van der Waals surface area contributed by atoms with Crippen LogP contribution in [0.1, 0.15) is 37.9 Å². The summed E-state index contributed by atoms with van der Waals surface area (Å²) in [6, 6.07) is 28.8. The fraction of sp³-hybridized carbons (Fsp3) is 0.189. The van der Waals surface area contributed by atoms with E-state index in [1.165, 1.54) is 0 Å². The summed E-state index contributed by atoms with van der Waals surface area (Å²) in [7, 11) is 2.17. The van der Waals surface area contributed by atoms with Crippen LogP contribution < -0.4 is 14.7 Å². The van der Waals surface area contributed by atoms with Crippen molar-refractivity contribution in [3.05, 3.63) is 123 Å². The molecule has 50 heavy (non-hydrogen) atoms. The number of amides is 3. The molecule has 3 amide bonds. The number of quaternary nitrogens is 1. The van der Waals surface area contributed by atoms with E-state index in [1.807, 2.05) is 91.0 Å². The van der Waals surface area contributed by atoms with Gasteiger partial charge in [-0.3, -0.25) is 0 Å². The van der Waals surface area contributed by atoms with Gasteiger partial charge in [-0.1, -0.05) is 0 Å². The quantitative estimate of drug-likeness (QED) is 0.120. The van der Waals surface area contributed by atoms with Crippen LogP contribution in [-0.4, -0.2) is 87.7 Å². The van der Waals surface area contributed by atoms with E-state index in [0.29, 0.717) is 24.1 Å². The number of carbonyl (C=O) groups is 3. The molecule has 3 aromatic carbocycles. The molecule has 0 bridgehead atoms. The van der Waals surface area contributed by atoms with Crippen LogP contribution >= 0.6 is 0 Å². The molecule has 0 saturated heterocycles. The van der Waals surface area contributed by atoms with Gasteiger partial charge in [0.15, 0.2) is 0 Å². The number of carbonyl (C=O) groups excluding carboxylic acids is 3. The van der Waals surface area contributed by atoms with Gasteiger partial charge in [0.05, 0.1) is 0 Å². The molecule has 3 aromatic heterocycles. The zero-order chi connectivity index (χ0) is 35.3. The number of nitrogens with zero attached hydrogens (tertiary/aromatic N) is 7. The molecule has 0 N–H and O–H groups in total. The number of hydrogen-bond acceptors (Lipinski definition) is 6. The zero-order valence-electron chi connectivity index (χ0n) is 28.1. The van der Waals surface area contributed by atoms with Crippen molar-refractivity contribution in [1.82, 2.24) is 15.0 Å². The Morgan fingerprint density at radius 3 is 1.00 bits per heavy atom. The summed E-state index contributed by atoms with van der Waals surface area (Å²) in [5.41, 5.74) is 5.14. The first-order chi connectivity index (χ1) is 24.1. The number of hydrogen-bond donors (Lipinski definition) is 0. The molecule has 6 rings (SSSR count). The third-order valence-electron chi connectivity index (χ3n) is 7.81. The van der Waals surface area contributed by atoms with E-state index in [2.05, 4.69) is 21.9 Å². The van der Waals surface area contributed by atoms with E-state index < -0.39 is 0 Å². The fourth-order valence-electron chi connectivity index (χ4n) is 5.77. The second-order valence-corrected chi connectivity index (χ2v) is 17.3. The van der Waals surface area contributed by atoms with Gasteiger partial charge in [0.1, 0.15) is 0 Å². The Morgan fingerprint density at radius 1 is 0.500 bits per heavy atom. The Kier molecular flexibility index (Phi) is 11.3. The molecule has 0 radical (unpaired) electrons. The van der Waals surface area contributed by atoms with Crippen molar-refractivity contribution < 1.29 is 18.9 Å². The normalized spacial score (nSPS) is 11.3. The SMILES string of the molecule is CC(=O)N(c1ccccc1)c1nc(C[N+](C)(Cc2c[se]c(N(C(C)=O)c3ccccc3)n2)Cc2c[se]c(N(C(C)=O)c3ccccc3)n2)c[se]1. The maximum absolute atomic E-state index is 12.8. The average Bonchev–Trinajstić information content (AvgIpc) is 3.85. The monoisotopic (exact) mass is 866 g/mol. The Bertz CT molecular complexity index is 1850. The van der Waals surface area contributed by atoms with E-state index in [1.54, 1.807) is 35.5 Å². The van der Waals surface area contributed by atoms with Gasteiger partial charge in [-0.15, -0.1) is 0 Å². The minimum atomic E-state index is -0.126. The molecule has 6 aromatic rings. The molecular weight excluding hydrogens is 827 g/mol. The standard InChI is InChI=1S/C37H36N7O3Se3/c1-26(45)41(32-14-8-5-9-15-32)35-38-29(23-48-35)20-44(4,21-30-24-49-36(39-30)42(27(2)46)33-16-10-6-11-17-33)22-31-25-50-37(40-31)43(28(3)47)34-18-12-7-13-19-34/h5-19,23-25H,20-22H2,1-4H3/q+1. The molecule has 0 aliphatic carbocycles. The first kappa shape index (κ1) is 35.6. The van der Waals surface area contributed by atoms with Crippen LogP contribution in [-0.2, 0) is 34.0 Å². The summed E-state index contributed by atoms with van der Waals surface area (Å²) in [5.74, 6) is -0.233. The van der Waals surface area contributed by atoms with Crippen LogP contribution in [0.3, 0.4) is 0 Å². The van der Waals surface area contributed by atoms with E-state index in [-0.39, 0.29) is 61.2 Å². The Labute approximate surface area is 309 Å². The van der Waals surface area contributed by atoms with Gasteiger partial charge in [-0.05, 0) is 0 Å². The molecule has 0 unspecified atom stereocenters. The Morgan fingerprint density at radius 2 is 0.760 bits per heavy atom. The van der Waals surface area contributed by atoms with Crippen LogP contribution in [0.15, 0.2) is 106 Å². The molecule has 0 aliphatic rings. The molecule has 0 spiro atoms. The molecule has 254 valence electrons. The first-order valence-electron chi connectivity index (χ1n) is 15.8. The predicted molar refractivity (Wildman–Crippen MR) is 199 cm³/mol. The summed E-state index contributed by atoms with van der Waals surface area (Å²) in [5, 5.41) is 0. The molecule has 0 aliphatic heterocycles.